The van der Waals surface area contributed by atoms with Crippen LogP contribution in [0.3, 0.4) is 0 Å². The van der Waals surface area contributed by atoms with Gasteiger partial charge in [0, 0.05) is 0 Å². The Hall–Kier alpha value is -1.97. The maximum absolute atomic E-state index is 13.1. The number of hydrogen-bond donors (Lipinski definition) is 0. The minimum absolute atomic E-state index is 0.0355. The number of fused-ring (bicyclic) bond motifs is 3. The van der Waals surface area contributed by atoms with Gasteiger partial charge in [0.2, 0.25) is 5.91 Å². The average Bonchev–Trinajstić information content (AvgIpc) is 3.20. The zero-order valence-corrected chi connectivity index (χ0v) is 15.6. The maximum atomic E-state index is 13.1. The Balaban J connectivity index is 1.53. The summed E-state index contributed by atoms with van der Waals surface area (Å²) in [5.41, 5.74) is -0.183. The van der Waals surface area contributed by atoms with Crippen molar-refractivity contribution in [3.05, 3.63) is 29.8 Å². The van der Waals surface area contributed by atoms with Crippen LogP contribution in [-0.4, -0.2) is 61.7 Å². The van der Waals surface area contributed by atoms with Crippen LogP contribution in [0.2, 0.25) is 0 Å². The fraction of sp³-hybridized carbons (Fsp3) is 0.556. The molecule has 4 aliphatic heterocycles. The van der Waals surface area contributed by atoms with E-state index in [1.807, 2.05) is 6.92 Å². The molecule has 144 valence electrons. The molecule has 27 heavy (non-hydrogen) atoms. The van der Waals surface area contributed by atoms with Crippen molar-refractivity contribution in [1.29, 1.82) is 0 Å². The second-order valence-corrected chi connectivity index (χ2v) is 9.34. The molecular weight excluding hydrogens is 374 g/mol. The highest BCUT2D eigenvalue weighted by Crippen LogP contribution is 2.63. The van der Waals surface area contributed by atoms with E-state index in [1.54, 1.807) is 19.1 Å². The number of rotatable bonds is 4. The van der Waals surface area contributed by atoms with E-state index >= 15 is 0 Å². The van der Waals surface area contributed by atoms with Gasteiger partial charge in [-0.3, -0.25) is 9.59 Å². The lowest BCUT2D eigenvalue weighted by molar-refractivity contribution is -0.153. The van der Waals surface area contributed by atoms with Crippen molar-refractivity contribution in [2.75, 3.05) is 13.2 Å². The molecule has 6 atom stereocenters. The Kier molecular flexibility index (Phi) is 3.37. The second-order valence-electron chi connectivity index (χ2n) is 7.48. The lowest BCUT2D eigenvalue weighted by Crippen LogP contribution is -2.46. The Bertz CT molecular complexity index is 943. The molecule has 1 amide bonds. The molecule has 1 aromatic rings. The van der Waals surface area contributed by atoms with Crippen LogP contribution in [0.25, 0.3) is 0 Å². The number of hydrogen-bond acceptors (Lipinski definition) is 7. The van der Waals surface area contributed by atoms with E-state index in [0.717, 1.165) is 9.87 Å². The first-order valence-corrected chi connectivity index (χ1v) is 10.4. The smallest absolute Gasteiger partial charge is 0.312 e. The zero-order valence-electron chi connectivity index (χ0n) is 14.8. The van der Waals surface area contributed by atoms with Gasteiger partial charge in [0.25, 0.3) is 10.0 Å². The molecule has 8 nitrogen and oxygen atoms in total. The molecule has 0 aliphatic carbocycles. The van der Waals surface area contributed by atoms with E-state index < -0.39 is 45.4 Å². The number of ether oxygens (including phenoxy) is 3. The third-order valence-electron chi connectivity index (χ3n) is 6.00. The van der Waals surface area contributed by atoms with E-state index in [1.165, 1.54) is 12.1 Å². The lowest BCUT2D eigenvalue weighted by atomic mass is 9.73. The van der Waals surface area contributed by atoms with Gasteiger partial charge in [-0.25, -0.2) is 12.7 Å². The summed E-state index contributed by atoms with van der Waals surface area (Å²) in [6, 6.07) is 6.30. The predicted octanol–water partition coefficient (Wildman–Crippen LogP) is 0.240. The van der Waals surface area contributed by atoms with Crippen LogP contribution in [0.1, 0.15) is 12.5 Å². The Labute approximate surface area is 156 Å². The van der Waals surface area contributed by atoms with Crippen LogP contribution >= 0.6 is 0 Å². The molecule has 4 fully saturated rings. The minimum Gasteiger partial charge on any atom is -0.466 e. The Morgan fingerprint density at radius 2 is 2.00 bits per heavy atom. The summed E-state index contributed by atoms with van der Waals surface area (Å²) in [7, 11) is -4.05. The molecular formula is C18H19NO7S. The number of carbonyl (C=O) groups excluding carboxylic acids is 2. The number of sulfonamides is 1. The monoisotopic (exact) mass is 393 g/mol. The second kappa shape index (κ2) is 5.30. The Morgan fingerprint density at radius 3 is 2.67 bits per heavy atom. The van der Waals surface area contributed by atoms with Crippen molar-refractivity contribution in [2.24, 2.45) is 11.8 Å². The standard InChI is InChI=1S/C18H19NO7S/c1-3-24-17(21)11-12-16(20)19(8-18(12)15-14(25-15)13(11)26-18)27(22,23)10-6-4-9(2)5-7-10/h4-7,11-15H,3,8H2,1-2H3/t11-,12+,13+,14+,15+,18-/m1/s1. The molecule has 4 saturated heterocycles. The largest absolute Gasteiger partial charge is 0.466 e. The number of amides is 1. The van der Waals surface area contributed by atoms with Crippen molar-refractivity contribution in [1.82, 2.24) is 4.31 Å². The number of nitrogens with zero attached hydrogens (tertiary/aromatic N) is 1. The lowest BCUT2D eigenvalue weighted by Gasteiger charge is -2.24. The third kappa shape index (κ3) is 2.07. The molecule has 1 aromatic carbocycles. The summed E-state index contributed by atoms with van der Waals surface area (Å²) in [6.45, 7) is 3.57. The summed E-state index contributed by atoms with van der Waals surface area (Å²) in [4.78, 5) is 25.7. The van der Waals surface area contributed by atoms with Crippen molar-refractivity contribution < 1.29 is 32.2 Å². The first-order valence-electron chi connectivity index (χ1n) is 8.94. The number of aryl methyl sites for hydroxylation is 1. The average molecular weight is 393 g/mol. The quantitative estimate of drug-likeness (QED) is 0.533. The Morgan fingerprint density at radius 1 is 1.30 bits per heavy atom. The van der Waals surface area contributed by atoms with E-state index in [9.17, 15) is 18.0 Å². The van der Waals surface area contributed by atoms with E-state index in [4.69, 9.17) is 14.2 Å². The topological polar surface area (TPSA) is 103 Å². The SMILES string of the molecule is CCOC(=O)[C@H]1[C@@H]2O[C@@]3(CN(S(=O)(=O)c4ccc(C)cc4)C(=O)[C@H]13)[C@H]1O[C@@H]21. The fourth-order valence-corrected chi connectivity index (χ4v) is 6.23. The molecule has 0 N–H and O–H groups in total. The molecule has 4 aliphatic rings. The van der Waals surface area contributed by atoms with E-state index in [2.05, 4.69) is 0 Å². The van der Waals surface area contributed by atoms with Crippen LogP contribution < -0.4 is 0 Å². The normalized spacial score (nSPS) is 38.7. The van der Waals surface area contributed by atoms with Gasteiger partial charge in [-0.1, -0.05) is 17.7 Å². The molecule has 9 heteroatoms. The first-order chi connectivity index (χ1) is 12.8. The summed E-state index contributed by atoms with van der Waals surface area (Å²) in [6.07, 6.45) is -1.17. The van der Waals surface area contributed by atoms with Gasteiger partial charge in [0.1, 0.15) is 29.8 Å². The molecule has 1 spiro atoms. The van der Waals surface area contributed by atoms with Gasteiger partial charge >= 0.3 is 5.97 Å². The van der Waals surface area contributed by atoms with E-state index in [0.29, 0.717) is 0 Å². The van der Waals surface area contributed by atoms with Crippen LogP contribution in [0.15, 0.2) is 29.2 Å². The molecule has 5 rings (SSSR count). The van der Waals surface area contributed by atoms with Crippen LogP contribution in [-0.2, 0) is 33.8 Å². The van der Waals surface area contributed by atoms with Gasteiger partial charge in [-0.2, -0.15) is 0 Å². The van der Waals surface area contributed by atoms with Crippen molar-refractivity contribution in [2.45, 2.75) is 42.7 Å². The number of epoxide rings is 1. The van der Waals surface area contributed by atoms with Gasteiger partial charge in [-0.05, 0) is 26.0 Å². The highest BCUT2D eigenvalue weighted by atomic mass is 32.2. The summed E-state index contributed by atoms with van der Waals surface area (Å²) in [5.74, 6) is -2.89. The minimum atomic E-state index is -4.05. The predicted molar refractivity (Wildman–Crippen MR) is 90.0 cm³/mol. The molecule has 0 unspecified atom stereocenters. The number of benzene rings is 1. The summed E-state index contributed by atoms with van der Waals surface area (Å²) in [5, 5.41) is 0. The van der Waals surface area contributed by atoms with Gasteiger partial charge in [0.05, 0.1) is 24.0 Å². The summed E-state index contributed by atoms with van der Waals surface area (Å²) >= 11 is 0. The van der Waals surface area contributed by atoms with Crippen molar-refractivity contribution in [3.8, 4) is 0 Å². The molecule has 0 aromatic heterocycles. The van der Waals surface area contributed by atoms with Crippen molar-refractivity contribution in [3.63, 3.8) is 0 Å². The fourth-order valence-electron chi connectivity index (χ4n) is 4.77. The number of carbonyl (C=O) groups is 2. The highest BCUT2D eigenvalue weighted by Gasteiger charge is 2.83. The summed E-state index contributed by atoms with van der Waals surface area (Å²) < 4.78 is 43.8. The van der Waals surface area contributed by atoms with Gasteiger partial charge in [-0.15, -0.1) is 0 Å². The zero-order chi connectivity index (χ0) is 19.1. The molecule has 0 saturated carbocycles. The third-order valence-corrected chi connectivity index (χ3v) is 7.75. The maximum Gasteiger partial charge on any atom is 0.312 e. The molecule has 4 heterocycles. The van der Waals surface area contributed by atoms with Crippen LogP contribution in [0.5, 0.6) is 0 Å². The van der Waals surface area contributed by atoms with Crippen molar-refractivity contribution >= 4 is 21.9 Å². The van der Waals surface area contributed by atoms with Crippen LogP contribution in [0, 0.1) is 18.8 Å². The van der Waals surface area contributed by atoms with E-state index in [-0.39, 0.29) is 30.3 Å². The molecule has 0 radical (unpaired) electrons. The highest BCUT2D eigenvalue weighted by molar-refractivity contribution is 7.89. The van der Waals surface area contributed by atoms with Crippen LogP contribution in [0.4, 0.5) is 0 Å². The van der Waals surface area contributed by atoms with Gasteiger partial charge < -0.3 is 14.2 Å². The number of esters is 1. The van der Waals surface area contributed by atoms with Gasteiger partial charge in [0.15, 0.2) is 0 Å². The first kappa shape index (κ1) is 17.2. The molecule has 2 bridgehead atoms.